The van der Waals surface area contributed by atoms with Crippen LogP contribution < -0.4 is 10.1 Å². The lowest BCUT2D eigenvalue weighted by atomic mass is 10.2. The van der Waals surface area contributed by atoms with Gasteiger partial charge in [0.15, 0.2) is 0 Å². The lowest BCUT2D eigenvalue weighted by molar-refractivity contribution is 0.463. The first kappa shape index (κ1) is 13.8. The zero-order valence-corrected chi connectivity index (χ0v) is 11.0. The molecule has 0 atom stereocenters. The first-order valence-corrected chi connectivity index (χ1v) is 6.04. The molecule has 0 saturated heterocycles. The van der Waals surface area contributed by atoms with E-state index in [9.17, 15) is 8.78 Å². The number of hydrogen-bond donors (Lipinski definition) is 1. The third-order valence-corrected chi connectivity index (χ3v) is 2.84. The molecule has 2 aromatic carbocycles. The molecule has 1 N–H and O–H groups in total. The van der Waals surface area contributed by atoms with Crippen LogP contribution in [0.1, 0.15) is 5.56 Å². The highest BCUT2D eigenvalue weighted by molar-refractivity contribution is 6.32. The van der Waals surface area contributed by atoms with Crippen LogP contribution >= 0.6 is 11.6 Å². The number of halogens is 3. The minimum absolute atomic E-state index is 0.139. The first-order chi connectivity index (χ1) is 9.11. The Labute approximate surface area is 115 Å². The zero-order valence-electron chi connectivity index (χ0n) is 10.2. The standard InChI is InChI=1S/C14H12ClF2NO/c1-18-8-10-12(17)3-2-4-13(10)19-14-6-5-9(16)7-11(14)15/h2-7,18H,8H2,1H3. The van der Waals surface area contributed by atoms with Crippen molar-refractivity contribution in [3.8, 4) is 11.5 Å². The highest BCUT2D eigenvalue weighted by atomic mass is 35.5. The van der Waals surface area contributed by atoms with Crippen molar-refractivity contribution in [2.75, 3.05) is 7.05 Å². The summed E-state index contributed by atoms with van der Waals surface area (Å²) in [5.74, 6) is -0.189. The van der Waals surface area contributed by atoms with E-state index in [1.54, 1.807) is 19.2 Å². The Hall–Kier alpha value is -1.65. The van der Waals surface area contributed by atoms with Gasteiger partial charge in [0.25, 0.3) is 0 Å². The minimum Gasteiger partial charge on any atom is -0.455 e. The fourth-order valence-electron chi connectivity index (χ4n) is 1.66. The molecule has 100 valence electrons. The van der Waals surface area contributed by atoms with Crippen LogP contribution in [0.4, 0.5) is 8.78 Å². The van der Waals surface area contributed by atoms with E-state index in [0.717, 1.165) is 6.07 Å². The Morgan fingerprint density at radius 2 is 1.95 bits per heavy atom. The van der Waals surface area contributed by atoms with Gasteiger partial charge in [0.2, 0.25) is 0 Å². The summed E-state index contributed by atoms with van der Waals surface area (Å²) in [5, 5.41) is 3.00. The van der Waals surface area contributed by atoms with Gasteiger partial charge in [-0.15, -0.1) is 0 Å². The molecule has 0 radical (unpaired) electrons. The van der Waals surface area contributed by atoms with Crippen LogP contribution in [0.15, 0.2) is 36.4 Å². The maximum Gasteiger partial charge on any atom is 0.146 e. The molecule has 0 amide bonds. The van der Waals surface area contributed by atoms with Crippen LogP contribution in [0.5, 0.6) is 11.5 Å². The second-order valence-corrected chi connectivity index (χ2v) is 4.33. The van der Waals surface area contributed by atoms with Crippen molar-refractivity contribution in [1.29, 1.82) is 0 Å². The molecule has 2 nitrogen and oxygen atoms in total. The summed E-state index contributed by atoms with van der Waals surface area (Å²) >= 11 is 5.87. The van der Waals surface area contributed by atoms with Crippen molar-refractivity contribution in [3.63, 3.8) is 0 Å². The van der Waals surface area contributed by atoms with Crippen LogP contribution in [0.2, 0.25) is 5.02 Å². The van der Waals surface area contributed by atoms with Gasteiger partial charge in [0, 0.05) is 12.1 Å². The quantitative estimate of drug-likeness (QED) is 0.911. The number of nitrogens with one attached hydrogen (secondary N) is 1. The molecule has 0 aliphatic carbocycles. The van der Waals surface area contributed by atoms with E-state index in [4.69, 9.17) is 16.3 Å². The van der Waals surface area contributed by atoms with Crippen molar-refractivity contribution in [2.24, 2.45) is 0 Å². The SMILES string of the molecule is CNCc1c(F)cccc1Oc1ccc(F)cc1Cl. The van der Waals surface area contributed by atoms with E-state index in [2.05, 4.69) is 5.32 Å². The predicted octanol–water partition coefficient (Wildman–Crippen LogP) is 4.13. The largest absolute Gasteiger partial charge is 0.455 e. The second kappa shape index (κ2) is 5.99. The maximum absolute atomic E-state index is 13.7. The van der Waals surface area contributed by atoms with Crippen LogP contribution in [0.25, 0.3) is 0 Å². The number of hydrogen-bond acceptors (Lipinski definition) is 2. The molecule has 0 aromatic heterocycles. The number of rotatable bonds is 4. The van der Waals surface area contributed by atoms with E-state index < -0.39 is 5.82 Å². The highest BCUT2D eigenvalue weighted by Crippen LogP contribution is 2.32. The van der Waals surface area contributed by atoms with Crippen LogP contribution in [-0.4, -0.2) is 7.05 Å². The maximum atomic E-state index is 13.7. The van der Waals surface area contributed by atoms with Crippen molar-refractivity contribution in [2.45, 2.75) is 6.54 Å². The molecule has 0 spiro atoms. The third-order valence-electron chi connectivity index (χ3n) is 2.54. The van der Waals surface area contributed by atoms with Gasteiger partial charge in [0.1, 0.15) is 23.1 Å². The Balaban J connectivity index is 2.35. The fraction of sp³-hybridized carbons (Fsp3) is 0.143. The van der Waals surface area contributed by atoms with Crippen LogP contribution in [0.3, 0.4) is 0 Å². The van der Waals surface area contributed by atoms with Gasteiger partial charge in [0.05, 0.1) is 5.02 Å². The molecular formula is C14H12ClF2NO. The van der Waals surface area contributed by atoms with Gasteiger partial charge in [-0.25, -0.2) is 8.78 Å². The van der Waals surface area contributed by atoms with Crippen molar-refractivity contribution >= 4 is 11.6 Å². The summed E-state index contributed by atoms with van der Waals surface area (Å²) in [6.45, 7) is 0.320. The van der Waals surface area contributed by atoms with Crippen molar-refractivity contribution < 1.29 is 13.5 Å². The van der Waals surface area contributed by atoms with Gasteiger partial charge >= 0.3 is 0 Å². The normalized spacial score (nSPS) is 10.5. The van der Waals surface area contributed by atoms with Gasteiger partial charge in [-0.3, -0.25) is 0 Å². The van der Waals surface area contributed by atoms with E-state index in [1.165, 1.54) is 18.2 Å². The number of benzene rings is 2. The van der Waals surface area contributed by atoms with E-state index >= 15 is 0 Å². The van der Waals surface area contributed by atoms with Crippen LogP contribution in [0, 0.1) is 11.6 Å². The van der Waals surface area contributed by atoms with Gasteiger partial charge in [-0.2, -0.15) is 0 Å². The minimum atomic E-state index is -0.452. The summed E-state index contributed by atoms with van der Waals surface area (Å²) in [6, 6.07) is 8.32. The Morgan fingerprint density at radius 3 is 2.63 bits per heavy atom. The Kier molecular flexibility index (Phi) is 4.35. The zero-order chi connectivity index (χ0) is 13.8. The monoisotopic (exact) mass is 283 g/mol. The third kappa shape index (κ3) is 3.22. The Morgan fingerprint density at radius 1 is 1.16 bits per heavy atom. The van der Waals surface area contributed by atoms with Gasteiger partial charge in [-0.05, 0) is 37.4 Å². The lowest BCUT2D eigenvalue weighted by Crippen LogP contribution is -2.08. The molecule has 2 rings (SSSR count). The lowest BCUT2D eigenvalue weighted by Gasteiger charge is -2.12. The summed E-state index contributed by atoms with van der Waals surface area (Å²) in [6.07, 6.45) is 0. The van der Waals surface area contributed by atoms with Crippen molar-refractivity contribution in [3.05, 3.63) is 58.6 Å². The summed E-state index contributed by atoms with van der Waals surface area (Å²) in [5.41, 5.74) is 0.394. The molecule has 2 aromatic rings. The van der Waals surface area contributed by atoms with Gasteiger partial charge < -0.3 is 10.1 Å². The molecule has 0 aliphatic heterocycles. The number of ether oxygens (including phenoxy) is 1. The molecule has 0 fully saturated rings. The van der Waals surface area contributed by atoms with Crippen LogP contribution in [-0.2, 0) is 6.54 Å². The summed E-state index contributed by atoms with van der Waals surface area (Å²) in [7, 11) is 1.71. The van der Waals surface area contributed by atoms with Crippen molar-refractivity contribution in [1.82, 2.24) is 5.32 Å². The molecule has 19 heavy (non-hydrogen) atoms. The average molecular weight is 284 g/mol. The van der Waals surface area contributed by atoms with E-state index in [0.29, 0.717) is 17.9 Å². The molecule has 0 heterocycles. The first-order valence-electron chi connectivity index (χ1n) is 5.66. The topological polar surface area (TPSA) is 21.3 Å². The fourth-order valence-corrected chi connectivity index (χ4v) is 1.87. The summed E-state index contributed by atoms with van der Waals surface area (Å²) in [4.78, 5) is 0. The van der Waals surface area contributed by atoms with E-state index in [1.807, 2.05) is 0 Å². The molecule has 0 saturated carbocycles. The molecule has 0 unspecified atom stereocenters. The van der Waals surface area contributed by atoms with E-state index in [-0.39, 0.29) is 16.6 Å². The predicted molar refractivity (Wildman–Crippen MR) is 70.6 cm³/mol. The molecular weight excluding hydrogens is 272 g/mol. The average Bonchev–Trinajstić information content (AvgIpc) is 2.37. The van der Waals surface area contributed by atoms with Gasteiger partial charge in [-0.1, -0.05) is 17.7 Å². The second-order valence-electron chi connectivity index (χ2n) is 3.92. The molecule has 5 heteroatoms. The summed E-state index contributed by atoms with van der Waals surface area (Å²) < 4.78 is 32.2. The molecule has 0 bridgehead atoms. The smallest absolute Gasteiger partial charge is 0.146 e. The Bertz CT molecular complexity index is 590. The molecule has 0 aliphatic rings. The highest BCUT2D eigenvalue weighted by Gasteiger charge is 2.11.